The van der Waals surface area contributed by atoms with Crippen molar-refractivity contribution in [2.45, 2.75) is 32.6 Å². The van der Waals surface area contributed by atoms with Crippen LogP contribution in [0, 0.1) is 0 Å². The zero-order valence-electron chi connectivity index (χ0n) is 14.0. The van der Waals surface area contributed by atoms with Crippen molar-refractivity contribution in [3.63, 3.8) is 0 Å². The van der Waals surface area contributed by atoms with Crippen molar-refractivity contribution in [2.24, 2.45) is 0 Å². The molecule has 2 aromatic heterocycles. The van der Waals surface area contributed by atoms with Gasteiger partial charge < -0.3 is 9.72 Å². The first kappa shape index (κ1) is 15.6. The van der Waals surface area contributed by atoms with E-state index in [1.165, 1.54) is 34.6 Å². The monoisotopic (exact) mass is 337 g/mol. The highest BCUT2D eigenvalue weighted by Gasteiger charge is 2.15. The number of nitrogens with zero attached hydrogens (tertiary/aromatic N) is 2. The first-order chi connectivity index (χ1) is 12.2. The molecule has 1 aliphatic rings. The summed E-state index contributed by atoms with van der Waals surface area (Å²) in [6.45, 7) is 2.00. The summed E-state index contributed by atoms with van der Waals surface area (Å²) in [6.07, 6.45) is 6.37. The van der Waals surface area contributed by atoms with Crippen LogP contribution in [0.5, 0.6) is 0 Å². The van der Waals surface area contributed by atoms with Gasteiger partial charge >= 0.3 is 5.97 Å². The molecule has 0 amide bonds. The van der Waals surface area contributed by atoms with Crippen molar-refractivity contribution in [1.82, 2.24) is 14.6 Å². The Morgan fingerprint density at radius 1 is 1.24 bits per heavy atom. The van der Waals surface area contributed by atoms with E-state index in [0.29, 0.717) is 11.2 Å². The zero-order valence-corrected chi connectivity index (χ0v) is 14.0. The van der Waals surface area contributed by atoms with Crippen LogP contribution in [0.2, 0.25) is 0 Å². The third kappa shape index (κ3) is 2.84. The Hall–Kier alpha value is -2.89. The maximum atomic E-state index is 12.4. The fraction of sp³-hybridized carbons (Fsp3) is 0.316. The smallest absolute Gasteiger partial charge is 0.358 e. The summed E-state index contributed by atoms with van der Waals surface area (Å²) >= 11 is 0. The summed E-state index contributed by atoms with van der Waals surface area (Å²) in [5.41, 5.74) is 4.55. The van der Waals surface area contributed by atoms with Crippen LogP contribution >= 0.6 is 0 Å². The number of hydrogen-bond acceptors (Lipinski definition) is 4. The molecule has 2 heterocycles. The van der Waals surface area contributed by atoms with Crippen molar-refractivity contribution >= 4 is 11.5 Å². The molecule has 0 spiro atoms. The summed E-state index contributed by atoms with van der Waals surface area (Å²) in [5.74, 6) is -0.527. The molecular weight excluding hydrogens is 318 g/mol. The third-order valence-electron chi connectivity index (χ3n) is 4.61. The molecule has 0 radical (unpaired) electrons. The van der Waals surface area contributed by atoms with E-state index in [-0.39, 0.29) is 17.9 Å². The van der Waals surface area contributed by atoms with Gasteiger partial charge in [-0.3, -0.25) is 4.79 Å². The lowest BCUT2D eigenvalue weighted by Crippen LogP contribution is -2.11. The average molecular weight is 337 g/mol. The molecule has 0 atom stereocenters. The predicted octanol–water partition coefficient (Wildman–Crippen LogP) is 2.75. The van der Waals surface area contributed by atoms with Crippen LogP contribution in [0.15, 0.2) is 35.3 Å². The standard InChI is InChI=1S/C19H19N3O3/c1-2-25-19(24)15-10-17-18(23)20-16(11-22(17)21-15)14-8-7-12-5-3-4-6-13(12)9-14/h7-11H,2-6H2,1H3,(H,20,23). The number of fused-ring (bicyclic) bond motifs is 2. The lowest BCUT2D eigenvalue weighted by molar-refractivity contribution is 0.0519. The maximum absolute atomic E-state index is 12.4. The van der Waals surface area contributed by atoms with Crippen molar-refractivity contribution < 1.29 is 9.53 Å². The number of hydrogen-bond donors (Lipinski definition) is 1. The number of ether oxygens (including phenoxy) is 1. The van der Waals surface area contributed by atoms with Crippen LogP contribution in [-0.2, 0) is 17.6 Å². The molecule has 1 N–H and O–H groups in total. The van der Waals surface area contributed by atoms with E-state index in [2.05, 4.69) is 22.2 Å². The van der Waals surface area contributed by atoms with Gasteiger partial charge in [0.1, 0.15) is 5.52 Å². The lowest BCUT2D eigenvalue weighted by atomic mass is 9.90. The van der Waals surface area contributed by atoms with Crippen molar-refractivity contribution in [3.05, 3.63) is 57.6 Å². The van der Waals surface area contributed by atoms with Crippen molar-refractivity contribution in [3.8, 4) is 11.3 Å². The minimum Gasteiger partial charge on any atom is -0.461 e. The number of carbonyl (C=O) groups is 1. The number of H-pyrrole nitrogens is 1. The number of aryl methyl sites for hydroxylation is 2. The Balaban J connectivity index is 1.78. The van der Waals surface area contributed by atoms with Crippen molar-refractivity contribution in [1.29, 1.82) is 0 Å². The molecule has 1 aliphatic carbocycles. The van der Waals surface area contributed by atoms with E-state index in [1.54, 1.807) is 13.1 Å². The third-order valence-corrected chi connectivity index (χ3v) is 4.61. The number of benzene rings is 1. The minimum absolute atomic E-state index is 0.134. The van der Waals surface area contributed by atoms with Crippen molar-refractivity contribution in [2.75, 3.05) is 6.61 Å². The fourth-order valence-corrected chi connectivity index (χ4v) is 3.36. The van der Waals surface area contributed by atoms with Crippen LogP contribution in [0.25, 0.3) is 16.8 Å². The number of nitrogens with one attached hydrogen (secondary N) is 1. The molecule has 0 bridgehead atoms. The molecule has 0 saturated heterocycles. The highest BCUT2D eigenvalue weighted by molar-refractivity contribution is 5.88. The van der Waals surface area contributed by atoms with Crippen LogP contribution in [0.3, 0.4) is 0 Å². The Labute approximate surface area is 144 Å². The summed E-state index contributed by atoms with van der Waals surface area (Å²) in [6, 6.07) is 7.76. The van der Waals surface area contributed by atoms with Gasteiger partial charge in [0.15, 0.2) is 5.69 Å². The highest BCUT2D eigenvalue weighted by Crippen LogP contribution is 2.26. The summed E-state index contributed by atoms with van der Waals surface area (Å²) in [5, 5.41) is 4.19. The highest BCUT2D eigenvalue weighted by atomic mass is 16.5. The van der Waals surface area contributed by atoms with E-state index in [0.717, 1.165) is 18.4 Å². The summed E-state index contributed by atoms with van der Waals surface area (Å²) in [7, 11) is 0. The van der Waals surface area contributed by atoms with E-state index in [9.17, 15) is 9.59 Å². The predicted molar refractivity (Wildman–Crippen MR) is 93.8 cm³/mol. The zero-order chi connectivity index (χ0) is 17.4. The molecule has 4 rings (SSSR count). The molecule has 1 aromatic carbocycles. The Morgan fingerprint density at radius 2 is 2.04 bits per heavy atom. The van der Waals surface area contributed by atoms with Gasteiger partial charge in [-0.2, -0.15) is 5.10 Å². The van der Waals surface area contributed by atoms with Gasteiger partial charge in [-0.15, -0.1) is 0 Å². The average Bonchev–Trinajstić information content (AvgIpc) is 3.06. The van der Waals surface area contributed by atoms with Gasteiger partial charge in [0, 0.05) is 6.07 Å². The molecule has 25 heavy (non-hydrogen) atoms. The molecule has 128 valence electrons. The molecular formula is C19H19N3O3. The molecule has 0 aliphatic heterocycles. The largest absolute Gasteiger partial charge is 0.461 e. The topological polar surface area (TPSA) is 76.5 Å². The van der Waals surface area contributed by atoms with E-state index >= 15 is 0 Å². The number of esters is 1. The Bertz CT molecular complexity index is 1020. The van der Waals surface area contributed by atoms with Gasteiger partial charge in [-0.25, -0.2) is 9.31 Å². The minimum atomic E-state index is -0.527. The number of aromatic nitrogens is 3. The Morgan fingerprint density at radius 3 is 2.84 bits per heavy atom. The van der Waals surface area contributed by atoms with E-state index in [4.69, 9.17) is 4.74 Å². The first-order valence-electron chi connectivity index (χ1n) is 8.57. The van der Waals surface area contributed by atoms with Crippen LogP contribution < -0.4 is 5.56 Å². The molecule has 0 unspecified atom stereocenters. The molecule has 6 heteroatoms. The van der Waals surface area contributed by atoms with Crippen LogP contribution in [0.4, 0.5) is 0 Å². The van der Waals surface area contributed by atoms with Gasteiger partial charge in [0.05, 0.1) is 18.5 Å². The quantitative estimate of drug-likeness (QED) is 0.746. The second-order valence-corrected chi connectivity index (χ2v) is 6.27. The first-order valence-corrected chi connectivity index (χ1v) is 8.57. The van der Waals surface area contributed by atoms with Gasteiger partial charge in [-0.05, 0) is 55.4 Å². The molecule has 0 fully saturated rings. The maximum Gasteiger partial charge on any atom is 0.358 e. The second kappa shape index (κ2) is 6.20. The van der Waals surface area contributed by atoms with Crippen LogP contribution in [-0.4, -0.2) is 27.2 Å². The molecule has 3 aromatic rings. The number of rotatable bonds is 3. The Kier molecular flexibility index (Phi) is 3.87. The number of carbonyl (C=O) groups excluding carboxylic acids is 1. The second-order valence-electron chi connectivity index (χ2n) is 6.27. The summed E-state index contributed by atoms with van der Waals surface area (Å²) < 4.78 is 6.39. The SMILES string of the molecule is CCOC(=O)c1cc2c(=O)[nH]c(-c3ccc4c(c3)CCCC4)cn2n1. The van der Waals surface area contributed by atoms with Gasteiger partial charge in [-0.1, -0.05) is 12.1 Å². The fourth-order valence-electron chi connectivity index (χ4n) is 3.36. The summed E-state index contributed by atoms with van der Waals surface area (Å²) in [4.78, 5) is 27.1. The lowest BCUT2D eigenvalue weighted by Gasteiger charge is -2.16. The molecule has 6 nitrogen and oxygen atoms in total. The van der Waals surface area contributed by atoms with Gasteiger partial charge in [0.25, 0.3) is 5.56 Å². The van der Waals surface area contributed by atoms with Gasteiger partial charge in [0.2, 0.25) is 0 Å². The van der Waals surface area contributed by atoms with E-state index < -0.39 is 5.97 Å². The number of aromatic amines is 1. The molecule has 0 saturated carbocycles. The van der Waals surface area contributed by atoms with E-state index in [1.807, 2.05) is 6.07 Å². The van der Waals surface area contributed by atoms with Crippen LogP contribution in [0.1, 0.15) is 41.4 Å². The normalized spacial score (nSPS) is 13.6.